The summed E-state index contributed by atoms with van der Waals surface area (Å²) in [7, 11) is 0. The van der Waals surface area contributed by atoms with Gasteiger partial charge >= 0.3 is 0 Å². The minimum absolute atomic E-state index is 0.413. The Balaban J connectivity index is 1.57. The standard InChI is InChI=1S/C17H23NO/c1-3-19-15-9-7-13(8-10-15)12(2)18-17-11-14-5-4-6-16(14)17/h4,6-10,12,14,16-18H,3,5,11H2,1-2H3. The van der Waals surface area contributed by atoms with Gasteiger partial charge in [0, 0.05) is 12.1 Å². The van der Waals surface area contributed by atoms with Crippen LogP contribution in [0.5, 0.6) is 5.75 Å². The molecule has 2 aliphatic rings. The quantitative estimate of drug-likeness (QED) is 0.812. The first-order chi connectivity index (χ1) is 9.28. The fraction of sp³-hybridized carbons (Fsp3) is 0.529. The summed E-state index contributed by atoms with van der Waals surface area (Å²) in [6, 6.07) is 9.56. The second kappa shape index (κ2) is 5.38. The van der Waals surface area contributed by atoms with E-state index in [-0.39, 0.29) is 0 Å². The first kappa shape index (κ1) is 12.7. The maximum atomic E-state index is 5.48. The van der Waals surface area contributed by atoms with Gasteiger partial charge < -0.3 is 10.1 Å². The summed E-state index contributed by atoms with van der Waals surface area (Å²) in [5.41, 5.74) is 1.34. The fourth-order valence-corrected chi connectivity index (χ4v) is 3.34. The molecular weight excluding hydrogens is 234 g/mol. The van der Waals surface area contributed by atoms with Crippen LogP contribution in [-0.4, -0.2) is 12.6 Å². The average molecular weight is 257 g/mol. The molecule has 0 spiro atoms. The molecule has 1 saturated carbocycles. The van der Waals surface area contributed by atoms with Crippen molar-refractivity contribution in [3.05, 3.63) is 42.0 Å². The van der Waals surface area contributed by atoms with Crippen LogP contribution in [0.25, 0.3) is 0 Å². The third-order valence-electron chi connectivity index (χ3n) is 4.52. The Labute approximate surface area is 115 Å². The van der Waals surface area contributed by atoms with Gasteiger partial charge in [0.25, 0.3) is 0 Å². The van der Waals surface area contributed by atoms with Crippen LogP contribution in [0.4, 0.5) is 0 Å². The van der Waals surface area contributed by atoms with Gasteiger partial charge in [-0.3, -0.25) is 0 Å². The first-order valence-electron chi connectivity index (χ1n) is 7.43. The van der Waals surface area contributed by atoms with E-state index in [0.717, 1.165) is 24.2 Å². The van der Waals surface area contributed by atoms with Crippen molar-refractivity contribution in [1.82, 2.24) is 5.32 Å². The van der Waals surface area contributed by atoms with Crippen LogP contribution in [0.1, 0.15) is 38.3 Å². The van der Waals surface area contributed by atoms with Crippen LogP contribution >= 0.6 is 0 Å². The molecule has 2 heteroatoms. The predicted octanol–water partition coefficient (Wildman–Crippen LogP) is 3.70. The highest BCUT2D eigenvalue weighted by atomic mass is 16.5. The highest BCUT2D eigenvalue weighted by Gasteiger charge is 2.41. The van der Waals surface area contributed by atoms with E-state index in [1.807, 2.05) is 6.92 Å². The van der Waals surface area contributed by atoms with Gasteiger partial charge in [-0.05, 0) is 56.2 Å². The summed E-state index contributed by atoms with van der Waals surface area (Å²) in [5, 5.41) is 3.76. The molecule has 0 heterocycles. The van der Waals surface area contributed by atoms with E-state index in [9.17, 15) is 0 Å². The molecule has 2 nitrogen and oxygen atoms in total. The Morgan fingerprint density at radius 1 is 1.32 bits per heavy atom. The third-order valence-corrected chi connectivity index (χ3v) is 4.52. The Morgan fingerprint density at radius 3 is 2.79 bits per heavy atom. The number of rotatable bonds is 5. The Bertz CT molecular complexity index is 451. The molecule has 102 valence electrons. The van der Waals surface area contributed by atoms with Crippen LogP contribution in [0.15, 0.2) is 36.4 Å². The second-order valence-electron chi connectivity index (χ2n) is 5.73. The molecule has 3 rings (SSSR count). The van der Waals surface area contributed by atoms with Gasteiger partial charge in [-0.2, -0.15) is 0 Å². The van der Waals surface area contributed by atoms with Crippen LogP contribution in [-0.2, 0) is 0 Å². The number of nitrogens with one attached hydrogen (secondary N) is 1. The van der Waals surface area contributed by atoms with Gasteiger partial charge in [-0.25, -0.2) is 0 Å². The minimum Gasteiger partial charge on any atom is -0.494 e. The molecular formula is C17H23NO. The maximum Gasteiger partial charge on any atom is 0.119 e. The SMILES string of the molecule is CCOc1ccc(C(C)NC2CC3CC=CC32)cc1. The van der Waals surface area contributed by atoms with E-state index in [0.29, 0.717) is 12.1 Å². The zero-order valence-corrected chi connectivity index (χ0v) is 11.8. The number of ether oxygens (including phenoxy) is 1. The second-order valence-corrected chi connectivity index (χ2v) is 5.73. The van der Waals surface area contributed by atoms with Crippen LogP contribution in [0, 0.1) is 11.8 Å². The third kappa shape index (κ3) is 2.55. The highest BCUT2D eigenvalue weighted by Crippen LogP contribution is 2.43. The molecule has 2 aliphatic carbocycles. The molecule has 1 aromatic carbocycles. The molecule has 0 radical (unpaired) electrons. The van der Waals surface area contributed by atoms with Gasteiger partial charge in [0.1, 0.15) is 5.75 Å². The summed E-state index contributed by atoms with van der Waals surface area (Å²) < 4.78 is 5.48. The maximum absolute atomic E-state index is 5.48. The van der Waals surface area contributed by atoms with Crippen molar-refractivity contribution in [2.75, 3.05) is 6.61 Å². The average Bonchev–Trinajstić information content (AvgIpc) is 2.78. The van der Waals surface area contributed by atoms with Gasteiger partial charge in [-0.1, -0.05) is 24.3 Å². The molecule has 0 amide bonds. The molecule has 1 fully saturated rings. The summed E-state index contributed by atoms with van der Waals surface area (Å²) >= 11 is 0. The van der Waals surface area contributed by atoms with Crippen molar-refractivity contribution in [2.24, 2.45) is 11.8 Å². The monoisotopic (exact) mass is 257 g/mol. The Morgan fingerprint density at radius 2 is 2.11 bits per heavy atom. The number of benzene rings is 1. The van der Waals surface area contributed by atoms with Crippen LogP contribution in [0.3, 0.4) is 0 Å². The number of hydrogen-bond acceptors (Lipinski definition) is 2. The molecule has 1 aromatic rings. The molecule has 0 bridgehead atoms. The smallest absolute Gasteiger partial charge is 0.119 e. The van der Waals surface area contributed by atoms with Crippen molar-refractivity contribution in [2.45, 2.75) is 38.8 Å². The summed E-state index contributed by atoms with van der Waals surface area (Å²) in [6.45, 7) is 4.99. The predicted molar refractivity (Wildman–Crippen MR) is 78.3 cm³/mol. The molecule has 19 heavy (non-hydrogen) atoms. The number of hydrogen-bond donors (Lipinski definition) is 1. The lowest BCUT2D eigenvalue weighted by Crippen LogP contribution is -2.48. The molecule has 4 atom stereocenters. The van der Waals surface area contributed by atoms with E-state index in [1.165, 1.54) is 18.4 Å². The molecule has 0 saturated heterocycles. The van der Waals surface area contributed by atoms with E-state index in [4.69, 9.17) is 4.74 Å². The molecule has 4 unspecified atom stereocenters. The van der Waals surface area contributed by atoms with Gasteiger partial charge in [0.2, 0.25) is 0 Å². The minimum atomic E-state index is 0.413. The van der Waals surface area contributed by atoms with Crippen molar-refractivity contribution < 1.29 is 4.74 Å². The summed E-state index contributed by atoms with van der Waals surface area (Å²) in [6.07, 6.45) is 7.37. The van der Waals surface area contributed by atoms with Crippen molar-refractivity contribution >= 4 is 0 Å². The largest absolute Gasteiger partial charge is 0.494 e. The fourth-order valence-electron chi connectivity index (χ4n) is 3.34. The number of fused-ring (bicyclic) bond motifs is 1. The zero-order chi connectivity index (χ0) is 13.2. The van der Waals surface area contributed by atoms with Gasteiger partial charge in [-0.15, -0.1) is 0 Å². The van der Waals surface area contributed by atoms with E-state index < -0.39 is 0 Å². The van der Waals surface area contributed by atoms with Crippen molar-refractivity contribution in [3.63, 3.8) is 0 Å². The summed E-state index contributed by atoms with van der Waals surface area (Å²) in [5.74, 6) is 2.66. The Hall–Kier alpha value is -1.28. The topological polar surface area (TPSA) is 21.3 Å². The summed E-state index contributed by atoms with van der Waals surface area (Å²) in [4.78, 5) is 0. The normalized spacial score (nSPS) is 29.7. The van der Waals surface area contributed by atoms with E-state index in [1.54, 1.807) is 0 Å². The lowest BCUT2D eigenvalue weighted by Gasteiger charge is -2.42. The van der Waals surface area contributed by atoms with Gasteiger partial charge in [0.05, 0.1) is 6.61 Å². The first-order valence-corrected chi connectivity index (χ1v) is 7.43. The molecule has 0 aliphatic heterocycles. The van der Waals surface area contributed by atoms with E-state index >= 15 is 0 Å². The Kier molecular flexibility index (Phi) is 3.61. The number of allylic oxidation sites excluding steroid dienone is 1. The van der Waals surface area contributed by atoms with Gasteiger partial charge in [0.15, 0.2) is 0 Å². The van der Waals surface area contributed by atoms with Crippen LogP contribution < -0.4 is 10.1 Å². The molecule has 0 aromatic heterocycles. The van der Waals surface area contributed by atoms with Crippen LogP contribution in [0.2, 0.25) is 0 Å². The highest BCUT2D eigenvalue weighted by molar-refractivity contribution is 5.29. The van der Waals surface area contributed by atoms with Crippen molar-refractivity contribution in [1.29, 1.82) is 0 Å². The lowest BCUT2D eigenvalue weighted by molar-refractivity contribution is 0.152. The lowest BCUT2D eigenvalue weighted by atomic mass is 9.71. The zero-order valence-electron chi connectivity index (χ0n) is 11.8. The molecule has 1 N–H and O–H groups in total. The van der Waals surface area contributed by atoms with E-state index in [2.05, 4.69) is 48.7 Å². The van der Waals surface area contributed by atoms with Crippen molar-refractivity contribution in [3.8, 4) is 5.75 Å².